The molecule has 2 aromatic rings. The van der Waals surface area contributed by atoms with Crippen molar-refractivity contribution in [3.8, 4) is 0 Å². The minimum atomic E-state index is 0.120. The van der Waals surface area contributed by atoms with Crippen LogP contribution < -0.4 is 5.32 Å². The van der Waals surface area contributed by atoms with Gasteiger partial charge in [-0.3, -0.25) is 0 Å². The molecule has 0 saturated carbocycles. The summed E-state index contributed by atoms with van der Waals surface area (Å²) in [4.78, 5) is 5.77. The Balaban J connectivity index is 2.13. The van der Waals surface area contributed by atoms with Crippen LogP contribution in [-0.2, 0) is 13.1 Å². The van der Waals surface area contributed by atoms with Crippen LogP contribution in [0.2, 0.25) is 0 Å². The molecule has 3 nitrogen and oxygen atoms in total. The van der Waals surface area contributed by atoms with Crippen molar-refractivity contribution in [1.29, 1.82) is 0 Å². The number of nitrogens with one attached hydrogen (secondary N) is 1. The second-order valence-electron chi connectivity index (χ2n) is 5.72. The molecule has 0 saturated heterocycles. The second-order valence-corrected chi connectivity index (χ2v) is 7.63. The average molecular weight is 342 g/mol. The number of aromatic nitrogens is 2. The lowest BCUT2D eigenvalue weighted by molar-refractivity contribution is 0.416. The Morgan fingerprint density at radius 3 is 2.74 bits per heavy atom. The molecule has 2 heterocycles. The first-order valence-corrected chi connectivity index (χ1v) is 8.01. The van der Waals surface area contributed by atoms with E-state index in [9.17, 15) is 0 Å². The molecule has 0 aliphatic rings. The maximum atomic E-state index is 4.44. The van der Waals surface area contributed by atoms with Gasteiger partial charge >= 0.3 is 0 Å². The van der Waals surface area contributed by atoms with E-state index >= 15 is 0 Å². The Bertz CT molecular complexity index is 551. The third kappa shape index (κ3) is 4.16. The lowest BCUT2D eigenvalue weighted by Gasteiger charge is -2.21. The highest BCUT2D eigenvalue weighted by Gasteiger charge is 2.12. The van der Waals surface area contributed by atoms with E-state index in [0.717, 1.165) is 23.4 Å². The fourth-order valence-corrected chi connectivity index (χ4v) is 3.26. The number of hydrogen-bond donors (Lipinski definition) is 1. The predicted molar refractivity (Wildman–Crippen MR) is 84.7 cm³/mol. The molecule has 5 heteroatoms. The fraction of sp³-hybridized carbons (Fsp3) is 0.500. The average Bonchev–Trinajstić information content (AvgIpc) is 2.85. The molecule has 0 unspecified atom stereocenters. The Hall–Kier alpha value is -0.650. The van der Waals surface area contributed by atoms with E-state index in [4.69, 9.17) is 0 Å². The molecule has 0 radical (unpaired) electrons. The third-order valence-corrected chi connectivity index (χ3v) is 4.56. The van der Waals surface area contributed by atoms with E-state index in [-0.39, 0.29) is 5.54 Å². The van der Waals surface area contributed by atoms with E-state index in [2.05, 4.69) is 69.9 Å². The molecule has 0 aliphatic carbocycles. The highest BCUT2D eigenvalue weighted by Crippen LogP contribution is 2.21. The van der Waals surface area contributed by atoms with E-state index in [0.29, 0.717) is 0 Å². The second kappa shape index (κ2) is 5.77. The topological polar surface area (TPSA) is 29.9 Å². The highest BCUT2D eigenvalue weighted by atomic mass is 79.9. The zero-order valence-electron chi connectivity index (χ0n) is 11.8. The molecular formula is C14H20BrN3S. The Labute approximate surface area is 127 Å². The van der Waals surface area contributed by atoms with E-state index in [1.54, 1.807) is 11.3 Å². The maximum Gasteiger partial charge on any atom is 0.106 e. The van der Waals surface area contributed by atoms with Gasteiger partial charge in [0.05, 0.1) is 12.2 Å². The number of halogens is 1. The minimum absolute atomic E-state index is 0.120. The summed E-state index contributed by atoms with van der Waals surface area (Å²) in [5.41, 5.74) is 1.35. The van der Waals surface area contributed by atoms with Gasteiger partial charge in [-0.25, -0.2) is 4.98 Å². The number of imidazole rings is 1. The molecule has 0 aliphatic heterocycles. The summed E-state index contributed by atoms with van der Waals surface area (Å²) < 4.78 is 3.43. The van der Waals surface area contributed by atoms with Gasteiger partial charge in [-0.05, 0) is 49.7 Å². The monoisotopic (exact) mass is 341 g/mol. The summed E-state index contributed by atoms with van der Waals surface area (Å²) in [6, 6.07) is 2.17. The van der Waals surface area contributed by atoms with Gasteiger partial charge in [-0.1, -0.05) is 0 Å². The first-order valence-electron chi connectivity index (χ1n) is 6.34. The van der Waals surface area contributed by atoms with Gasteiger partial charge in [-0.2, -0.15) is 0 Å². The van der Waals surface area contributed by atoms with Crippen molar-refractivity contribution in [3.63, 3.8) is 0 Å². The summed E-state index contributed by atoms with van der Waals surface area (Å²) in [6.45, 7) is 10.3. The zero-order chi connectivity index (χ0) is 14.0. The lowest BCUT2D eigenvalue weighted by Crippen LogP contribution is -2.35. The van der Waals surface area contributed by atoms with Gasteiger partial charge < -0.3 is 9.88 Å². The quantitative estimate of drug-likeness (QED) is 0.912. The normalized spacial score (nSPS) is 12.1. The smallest absolute Gasteiger partial charge is 0.106 e. The molecule has 0 aromatic carbocycles. The van der Waals surface area contributed by atoms with Gasteiger partial charge in [0.1, 0.15) is 5.82 Å². The van der Waals surface area contributed by atoms with Crippen LogP contribution in [0.1, 0.15) is 37.2 Å². The van der Waals surface area contributed by atoms with Crippen LogP contribution in [0.5, 0.6) is 0 Å². The molecule has 1 N–H and O–H groups in total. The van der Waals surface area contributed by atoms with Crippen molar-refractivity contribution in [2.24, 2.45) is 0 Å². The Morgan fingerprint density at radius 1 is 1.42 bits per heavy atom. The standard InChI is InChI=1S/C14H20BrN3S/c1-10-16-6-12(7-17-14(2,3)4)18(10)8-13-5-11(15)9-19-13/h5-6,9,17H,7-8H2,1-4H3. The highest BCUT2D eigenvalue weighted by molar-refractivity contribution is 9.10. The Morgan fingerprint density at radius 2 is 2.16 bits per heavy atom. The van der Waals surface area contributed by atoms with Crippen molar-refractivity contribution < 1.29 is 0 Å². The zero-order valence-corrected chi connectivity index (χ0v) is 14.2. The minimum Gasteiger partial charge on any atom is -0.326 e. The molecule has 0 fully saturated rings. The molecule has 0 atom stereocenters. The van der Waals surface area contributed by atoms with Crippen LogP contribution >= 0.6 is 27.3 Å². The van der Waals surface area contributed by atoms with Gasteiger partial charge in [0.25, 0.3) is 0 Å². The number of aryl methyl sites for hydroxylation is 1. The Kier molecular flexibility index (Phi) is 4.48. The molecule has 19 heavy (non-hydrogen) atoms. The maximum absolute atomic E-state index is 4.44. The molecule has 2 rings (SSSR count). The van der Waals surface area contributed by atoms with Gasteiger partial charge in [-0.15, -0.1) is 11.3 Å². The molecule has 104 valence electrons. The summed E-state index contributed by atoms with van der Waals surface area (Å²) in [6.07, 6.45) is 1.97. The number of thiophene rings is 1. The van der Waals surface area contributed by atoms with Crippen molar-refractivity contribution in [3.05, 3.63) is 38.5 Å². The molecule has 0 amide bonds. The van der Waals surface area contributed by atoms with E-state index < -0.39 is 0 Å². The number of nitrogens with zero attached hydrogens (tertiary/aromatic N) is 2. The van der Waals surface area contributed by atoms with E-state index in [1.807, 2.05) is 6.20 Å². The molecule has 2 aromatic heterocycles. The van der Waals surface area contributed by atoms with Gasteiger partial charge in [0.2, 0.25) is 0 Å². The fourth-order valence-electron chi connectivity index (χ4n) is 1.82. The first kappa shape index (κ1) is 14.8. The summed E-state index contributed by atoms with van der Waals surface area (Å²) >= 11 is 5.28. The van der Waals surface area contributed by atoms with Gasteiger partial charge in [0.15, 0.2) is 0 Å². The van der Waals surface area contributed by atoms with Crippen molar-refractivity contribution >= 4 is 27.3 Å². The van der Waals surface area contributed by atoms with Crippen LogP contribution in [0.25, 0.3) is 0 Å². The van der Waals surface area contributed by atoms with Crippen LogP contribution in [0.15, 0.2) is 22.1 Å². The van der Waals surface area contributed by atoms with Crippen LogP contribution in [0, 0.1) is 6.92 Å². The van der Waals surface area contributed by atoms with Crippen LogP contribution in [0.4, 0.5) is 0 Å². The third-order valence-electron chi connectivity index (χ3n) is 2.87. The van der Waals surface area contributed by atoms with Crippen LogP contribution in [-0.4, -0.2) is 15.1 Å². The number of hydrogen-bond acceptors (Lipinski definition) is 3. The summed E-state index contributed by atoms with van der Waals surface area (Å²) in [5, 5.41) is 5.64. The van der Waals surface area contributed by atoms with Crippen molar-refractivity contribution in [2.75, 3.05) is 0 Å². The molecule has 0 spiro atoms. The summed E-state index contributed by atoms with van der Waals surface area (Å²) in [7, 11) is 0. The van der Waals surface area contributed by atoms with E-state index in [1.165, 1.54) is 10.6 Å². The van der Waals surface area contributed by atoms with Crippen molar-refractivity contribution in [2.45, 2.75) is 46.3 Å². The van der Waals surface area contributed by atoms with Crippen molar-refractivity contribution in [1.82, 2.24) is 14.9 Å². The van der Waals surface area contributed by atoms with Gasteiger partial charge in [0, 0.05) is 33.0 Å². The number of rotatable bonds is 4. The first-order chi connectivity index (χ1) is 8.85. The lowest BCUT2D eigenvalue weighted by atomic mass is 10.1. The molecular weight excluding hydrogens is 322 g/mol. The summed E-state index contributed by atoms with van der Waals surface area (Å²) in [5.74, 6) is 1.07. The largest absolute Gasteiger partial charge is 0.326 e. The molecule has 0 bridgehead atoms. The van der Waals surface area contributed by atoms with Crippen LogP contribution in [0.3, 0.4) is 0 Å². The SMILES string of the molecule is Cc1ncc(CNC(C)(C)C)n1Cc1cc(Br)cs1. The predicted octanol–water partition coefficient (Wildman–Crippen LogP) is 3.95.